The quantitative estimate of drug-likeness (QED) is 0.888. The third-order valence-corrected chi connectivity index (χ3v) is 5.00. The van der Waals surface area contributed by atoms with E-state index in [2.05, 4.69) is 25.8 Å². The Balaban J connectivity index is 1.89. The van der Waals surface area contributed by atoms with Crippen LogP contribution >= 0.6 is 0 Å². The SMILES string of the molecule is CC(C)(C)C1CCC(C(N)Cc2cnccc2N)CC1. The molecule has 0 saturated heterocycles. The first-order valence-corrected chi connectivity index (χ1v) is 7.82. The van der Waals surface area contributed by atoms with Gasteiger partial charge in [-0.25, -0.2) is 0 Å². The number of aromatic nitrogens is 1. The molecule has 3 heteroatoms. The lowest BCUT2D eigenvalue weighted by Gasteiger charge is -2.38. The zero-order valence-electron chi connectivity index (χ0n) is 13.1. The number of nitrogen functional groups attached to an aromatic ring is 1. The summed E-state index contributed by atoms with van der Waals surface area (Å²) in [5.74, 6) is 1.47. The lowest BCUT2D eigenvalue weighted by molar-refractivity contribution is 0.139. The normalized spacial score (nSPS) is 25.4. The van der Waals surface area contributed by atoms with E-state index in [-0.39, 0.29) is 6.04 Å². The summed E-state index contributed by atoms with van der Waals surface area (Å²) in [7, 11) is 0. The van der Waals surface area contributed by atoms with Gasteiger partial charge >= 0.3 is 0 Å². The van der Waals surface area contributed by atoms with Gasteiger partial charge in [-0.1, -0.05) is 20.8 Å². The van der Waals surface area contributed by atoms with E-state index in [0.29, 0.717) is 11.3 Å². The largest absolute Gasteiger partial charge is 0.398 e. The summed E-state index contributed by atoms with van der Waals surface area (Å²) < 4.78 is 0. The van der Waals surface area contributed by atoms with Crippen LogP contribution in [0.4, 0.5) is 5.69 Å². The van der Waals surface area contributed by atoms with Gasteiger partial charge < -0.3 is 11.5 Å². The standard InChI is InChI=1S/C17H29N3/c1-17(2,3)14-6-4-12(5-7-14)16(19)10-13-11-20-9-8-15(13)18/h8-9,11-12,14,16H,4-7,10,19H2,1-3H3,(H2,18,20). The van der Waals surface area contributed by atoms with Gasteiger partial charge in [0.1, 0.15) is 0 Å². The Hall–Kier alpha value is -1.09. The van der Waals surface area contributed by atoms with Gasteiger partial charge in [0.15, 0.2) is 0 Å². The first-order valence-electron chi connectivity index (χ1n) is 7.82. The van der Waals surface area contributed by atoms with Crippen molar-refractivity contribution in [1.29, 1.82) is 0 Å². The second-order valence-electron chi connectivity index (χ2n) is 7.42. The van der Waals surface area contributed by atoms with Crippen molar-refractivity contribution in [3.63, 3.8) is 0 Å². The Bertz CT molecular complexity index is 428. The van der Waals surface area contributed by atoms with Crippen molar-refractivity contribution in [2.24, 2.45) is 23.0 Å². The lowest BCUT2D eigenvalue weighted by Crippen LogP contribution is -2.37. The van der Waals surface area contributed by atoms with Crippen molar-refractivity contribution < 1.29 is 0 Å². The fourth-order valence-corrected chi connectivity index (χ4v) is 3.44. The second kappa shape index (κ2) is 6.13. The molecule has 1 aliphatic rings. The van der Waals surface area contributed by atoms with Gasteiger partial charge in [-0.15, -0.1) is 0 Å². The molecule has 4 N–H and O–H groups in total. The van der Waals surface area contributed by atoms with Crippen LogP contribution < -0.4 is 11.5 Å². The molecule has 0 spiro atoms. The van der Waals surface area contributed by atoms with E-state index in [4.69, 9.17) is 11.5 Å². The molecule has 1 aromatic rings. The highest BCUT2D eigenvalue weighted by molar-refractivity contribution is 5.44. The number of nitrogens with zero attached hydrogens (tertiary/aromatic N) is 1. The highest BCUT2D eigenvalue weighted by Crippen LogP contribution is 2.40. The Kier molecular flexibility index (Phi) is 4.69. The Labute approximate surface area is 123 Å². The average Bonchev–Trinajstić information content (AvgIpc) is 2.40. The number of hydrogen-bond donors (Lipinski definition) is 2. The molecule has 0 aromatic carbocycles. The molecule has 2 rings (SSSR count). The van der Waals surface area contributed by atoms with Crippen LogP contribution in [0.15, 0.2) is 18.5 Å². The second-order valence-corrected chi connectivity index (χ2v) is 7.42. The molecule has 1 heterocycles. The van der Waals surface area contributed by atoms with Crippen LogP contribution in [0, 0.1) is 17.3 Å². The lowest BCUT2D eigenvalue weighted by atomic mass is 9.68. The summed E-state index contributed by atoms with van der Waals surface area (Å²) in [4.78, 5) is 4.15. The molecule has 0 radical (unpaired) electrons. The van der Waals surface area contributed by atoms with Gasteiger partial charge in [0.2, 0.25) is 0 Å². The molecule has 0 amide bonds. The van der Waals surface area contributed by atoms with Crippen molar-refractivity contribution in [3.05, 3.63) is 24.0 Å². The molecular formula is C17H29N3. The molecule has 1 fully saturated rings. The molecule has 20 heavy (non-hydrogen) atoms. The fraction of sp³-hybridized carbons (Fsp3) is 0.706. The number of pyridine rings is 1. The van der Waals surface area contributed by atoms with E-state index in [9.17, 15) is 0 Å². The van der Waals surface area contributed by atoms with Crippen molar-refractivity contribution in [3.8, 4) is 0 Å². The monoisotopic (exact) mass is 275 g/mol. The Morgan fingerprint density at radius 1 is 1.25 bits per heavy atom. The first kappa shape index (κ1) is 15.3. The third kappa shape index (κ3) is 3.72. The number of rotatable bonds is 3. The average molecular weight is 275 g/mol. The van der Waals surface area contributed by atoms with Crippen LogP contribution in [0.3, 0.4) is 0 Å². The van der Waals surface area contributed by atoms with Crippen LogP contribution in [0.1, 0.15) is 52.0 Å². The summed E-state index contributed by atoms with van der Waals surface area (Å²) in [5, 5.41) is 0. The Morgan fingerprint density at radius 3 is 2.45 bits per heavy atom. The minimum Gasteiger partial charge on any atom is -0.398 e. The molecule has 1 aromatic heterocycles. The smallest absolute Gasteiger partial charge is 0.0378 e. The van der Waals surface area contributed by atoms with Gasteiger partial charge in [-0.2, -0.15) is 0 Å². The van der Waals surface area contributed by atoms with Gasteiger partial charge in [0.05, 0.1) is 0 Å². The van der Waals surface area contributed by atoms with Crippen LogP contribution in [-0.4, -0.2) is 11.0 Å². The van der Waals surface area contributed by atoms with Crippen LogP contribution in [0.5, 0.6) is 0 Å². The van der Waals surface area contributed by atoms with Crippen molar-refractivity contribution >= 4 is 5.69 Å². The predicted octanol–water partition coefficient (Wildman–Crippen LogP) is 3.39. The van der Waals surface area contributed by atoms with E-state index < -0.39 is 0 Å². The zero-order chi connectivity index (χ0) is 14.8. The predicted molar refractivity (Wildman–Crippen MR) is 85.2 cm³/mol. The number of hydrogen-bond acceptors (Lipinski definition) is 3. The topological polar surface area (TPSA) is 64.9 Å². The van der Waals surface area contributed by atoms with E-state index in [1.54, 1.807) is 6.20 Å². The van der Waals surface area contributed by atoms with Crippen molar-refractivity contribution in [2.75, 3.05) is 5.73 Å². The summed E-state index contributed by atoms with van der Waals surface area (Å²) >= 11 is 0. The third-order valence-electron chi connectivity index (χ3n) is 5.00. The number of nitrogens with two attached hydrogens (primary N) is 2. The molecular weight excluding hydrogens is 246 g/mol. The highest BCUT2D eigenvalue weighted by atomic mass is 14.7. The molecule has 1 unspecified atom stereocenters. The van der Waals surface area contributed by atoms with E-state index in [1.165, 1.54) is 25.7 Å². The van der Waals surface area contributed by atoms with E-state index in [0.717, 1.165) is 23.6 Å². The van der Waals surface area contributed by atoms with Crippen LogP contribution in [0.25, 0.3) is 0 Å². The fourth-order valence-electron chi connectivity index (χ4n) is 3.44. The van der Waals surface area contributed by atoms with Gasteiger partial charge in [-0.05, 0) is 61.0 Å². The summed E-state index contributed by atoms with van der Waals surface area (Å²) in [6, 6.07) is 2.07. The minimum absolute atomic E-state index is 0.211. The first-order chi connectivity index (χ1) is 9.38. The van der Waals surface area contributed by atoms with Crippen LogP contribution in [0.2, 0.25) is 0 Å². The summed E-state index contributed by atoms with van der Waals surface area (Å²) in [6.45, 7) is 7.07. The minimum atomic E-state index is 0.211. The summed E-state index contributed by atoms with van der Waals surface area (Å²) in [5.41, 5.74) is 14.7. The molecule has 112 valence electrons. The van der Waals surface area contributed by atoms with Crippen molar-refractivity contribution in [2.45, 2.75) is 58.9 Å². The van der Waals surface area contributed by atoms with Crippen molar-refractivity contribution in [1.82, 2.24) is 4.98 Å². The molecule has 0 aliphatic heterocycles. The maximum Gasteiger partial charge on any atom is 0.0378 e. The Morgan fingerprint density at radius 2 is 1.90 bits per heavy atom. The van der Waals surface area contributed by atoms with Gasteiger partial charge in [0, 0.05) is 24.1 Å². The van der Waals surface area contributed by atoms with Gasteiger partial charge in [-0.3, -0.25) is 4.98 Å². The maximum atomic E-state index is 6.42. The molecule has 1 atom stereocenters. The maximum absolute atomic E-state index is 6.42. The molecule has 0 bridgehead atoms. The van der Waals surface area contributed by atoms with Gasteiger partial charge in [0.25, 0.3) is 0 Å². The molecule has 1 saturated carbocycles. The van der Waals surface area contributed by atoms with E-state index in [1.807, 2.05) is 12.3 Å². The van der Waals surface area contributed by atoms with Crippen LogP contribution in [-0.2, 0) is 6.42 Å². The summed E-state index contributed by atoms with van der Waals surface area (Å²) in [6.07, 6.45) is 9.57. The highest BCUT2D eigenvalue weighted by Gasteiger charge is 2.31. The molecule has 3 nitrogen and oxygen atoms in total. The zero-order valence-corrected chi connectivity index (χ0v) is 13.1. The van der Waals surface area contributed by atoms with E-state index >= 15 is 0 Å². The number of anilines is 1. The molecule has 1 aliphatic carbocycles.